The summed E-state index contributed by atoms with van der Waals surface area (Å²) in [6.07, 6.45) is 1.03. The van der Waals surface area contributed by atoms with Crippen LogP contribution in [-0.4, -0.2) is 25.8 Å². The summed E-state index contributed by atoms with van der Waals surface area (Å²) in [7, 11) is 0. The maximum absolute atomic E-state index is 6.04. The molecule has 0 fully saturated rings. The van der Waals surface area contributed by atoms with Crippen molar-refractivity contribution in [3.8, 4) is 11.5 Å². The lowest BCUT2D eigenvalue weighted by molar-refractivity contribution is 0.171. The summed E-state index contributed by atoms with van der Waals surface area (Å²) in [5.41, 5.74) is 7.07. The fourth-order valence-corrected chi connectivity index (χ4v) is 2.09. The van der Waals surface area contributed by atoms with E-state index in [1.807, 2.05) is 18.2 Å². The van der Waals surface area contributed by atoms with E-state index in [0.717, 1.165) is 30.2 Å². The van der Waals surface area contributed by atoms with Crippen molar-refractivity contribution < 1.29 is 9.47 Å². The van der Waals surface area contributed by atoms with Crippen LogP contribution in [0.15, 0.2) is 18.2 Å². The van der Waals surface area contributed by atoms with Crippen molar-refractivity contribution >= 4 is 5.69 Å². The van der Waals surface area contributed by atoms with Gasteiger partial charge in [0.2, 0.25) is 0 Å². The Labute approximate surface area is 108 Å². The Kier molecular flexibility index (Phi) is 4.31. The number of ether oxygens (including phenoxy) is 2. The fraction of sp³-hybridized carbons (Fsp3) is 0.571. The Morgan fingerprint density at radius 1 is 1.22 bits per heavy atom. The molecule has 0 saturated heterocycles. The molecule has 3 N–H and O–H groups in total. The molecule has 100 valence electrons. The number of anilines is 1. The topological polar surface area (TPSA) is 56.5 Å². The first-order valence-corrected chi connectivity index (χ1v) is 6.54. The molecular weight excluding hydrogens is 228 g/mol. The Morgan fingerprint density at radius 2 is 1.94 bits per heavy atom. The molecule has 1 heterocycles. The molecule has 1 aliphatic heterocycles. The van der Waals surface area contributed by atoms with Crippen molar-refractivity contribution in [1.29, 1.82) is 0 Å². The summed E-state index contributed by atoms with van der Waals surface area (Å²) in [4.78, 5) is 0. The summed E-state index contributed by atoms with van der Waals surface area (Å²) < 4.78 is 11.0. The second-order valence-corrected chi connectivity index (χ2v) is 5.13. The van der Waals surface area contributed by atoms with Gasteiger partial charge in [0.1, 0.15) is 13.2 Å². The van der Waals surface area contributed by atoms with Crippen LogP contribution in [0.5, 0.6) is 11.5 Å². The number of hydrogen-bond donors (Lipinski definition) is 2. The minimum absolute atomic E-state index is 0.179. The van der Waals surface area contributed by atoms with Gasteiger partial charge in [-0.15, -0.1) is 0 Å². The molecule has 2 rings (SSSR count). The maximum atomic E-state index is 6.04. The van der Waals surface area contributed by atoms with E-state index in [9.17, 15) is 0 Å². The molecule has 1 unspecified atom stereocenters. The average Bonchev–Trinajstić information content (AvgIpc) is 2.35. The highest BCUT2D eigenvalue weighted by Crippen LogP contribution is 2.32. The third-order valence-electron chi connectivity index (χ3n) is 2.88. The Balaban J connectivity index is 1.90. The van der Waals surface area contributed by atoms with Crippen LogP contribution in [0.1, 0.15) is 20.3 Å². The highest BCUT2D eigenvalue weighted by atomic mass is 16.6. The van der Waals surface area contributed by atoms with Crippen molar-refractivity contribution in [2.75, 3.05) is 25.1 Å². The van der Waals surface area contributed by atoms with E-state index in [-0.39, 0.29) is 6.04 Å². The van der Waals surface area contributed by atoms with Crippen molar-refractivity contribution in [1.82, 2.24) is 0 Å². The van der Waals surface area contributed by atoms with Gasteiger partial charge < -0.3 is 20.5 Å². The first-order valence-electron chi connectivity index (χ1n) is 6.54. The lowest BCUT2D eigenvalue weighted by Crippen LogP contribution is -2.30. The second kappa shape index (κ2) is 5.96. The minimum atomic E-state index is 0.179. The Bertz CT molecular complexity index is 393. The number of hydrogen-bond acceptors (Lipinski definition) is 4. The summed E-state index contributed by atoms with van der Waals surface area (Å²) in [6.45, 7) is 6.38. The van der Waals surface area contributed by atoms with Crippen LogP contribution in [0, 0.1) is 5.92 Å². The first kappa shape index (κ1) is 13.0. The molecule has 1 aromatic rings. The van der Waals surface area contributed by atoms with Gasteiger partial charge >= 0.3 is 0 Å². The van der Waals surface area contributed by atoms with Crippen LogP contribution in [0.25, 0.3) is 0 Å². The molecule has 18 heavy (non-hydrogen) atoms. The largest absolute Gasteiger partial charge is 0.486 e. The number of nitrogens with two attached hydrogens (primary N) is 1. The van der Waals surface area contributed by atoms with E-state index < -0.39 is 0 Å². The monoisotopic (exact) mass is 250 g/mol. The zero-order chi connectivity index (χ0) is 13.0. The van der Waals surface area contributed by atoms with Crippen LogP contribution in [0.3, 0.4) is 0 Å². The van der Waals surface area contributed by atoms with Crippen LogP contribution in [-0.2, 0) is 0 Å². The van der Waals surface area contributed by atoms with Crippen LogP contribution < -0.4 is 20.5 Å². The molecule has 0 bridgehead atoms. The zero-order valence-electron chi connectivity index (χ0n) is 11.1. The average molecular weight is 250 g/mol. The van der Waals surface area contributed by atoms with Crippen molar-refractivity contribution in [3.05, 3.63) is 18.2 Å². The third kappa shape index (κ3) is 3.53. The van der Waals surface area contributed by atoms with Gasteiger partial charge in [-0.3, -0.25) is 0 Å². The van der Waals surface area contributed by atoms with Gasteiger partial charge in [0.25, 0.3) is 0 Å². The van der Waals surface area contributed by atoms with Gasteiger partial charge in [-0.2, -0.15) is 0 Å². The van der Waals surface area contributed by atoms with Crippen molar-refractivity contribution in [2.45, 2.75) is 26.3 Å². The molecule has 1 aromatic carbocycles. The lowest BCUT2D eigenvalue weighted by atomic mass is 10.0. The molecular formula is C14H22N2O2. The summed E-state index contributed by atoms with van der Waals surface area (Å²) >= 11 is 0. The van der Waals surface area contributed by atoms with E-state index >= 15 is 0 Å². The smallest absolute Gasteiger partial charge is 0.163 e. The molecule has 4 heteroatoms. The Hall–Kier alpha value is -1.42. The lowest BCUT2D eigenvalue weighted by Gasteiger charge is -2.20. The zero-order valence-corrected chi connectivity index (χ0v) is 11.1. The van der Waals surface area contributed by atoms with Gasteiger partial charge in [-0.25, -0.2) is 0 Å². The van der Waals surface area contributed by atoms with E-state index in [2.05, 4.69) is 19.2 Å². The molecule has 0 amide bonds. The number of rotatable bonds is 5. The molecule has 0 radical (unpaired) electrons. The summed E-state index contributed by atoms with van der Waals surface area (Å²) in [5.74, 6) is 2.25. The van der Waals surface area contributed by atoms with Crippen molar-refractivity contribution in [3.63, 3.8) is 0 Å². The first-order chi connectivity index (χ1) is 8.65. The van der Waals surface area contributed by atoms with Crippen LogP contribution in [0.4, 0.5) is 5.69 Å². The predicted octanol–water partition coefficient (Wildman–Crippen LogP) is 2.24. The van der Waals surface area contributed by atoms with E-state index in [1.165, 1.54) is 0 Å². The molecule has 0 aliphatic carbocycles. The van der Waals surface area contributed by atoms with Crippen molar-refractivity contribution in [2.24, 2.45) is 11.7 Å². The standard InChI is InChI=1S/C14H22N2O2/c1-10(2)7-11(15)9-16-12-3-4-13-14(8-12)18-6-5-17-13/h3-4,8,10-11,16H,5-7,9,15H2,1-2H3. The number of nitrogens with one attached hydrogen (secondary N) is 1. The normalized spacial score (nSPS) is 15.6. The van der Waals surface area contributed by atoms with Crippen LogP contribution >= 0.6 is 0 Å². The second-order valence-electron chi connectivity index (χ2n) is 5.13. The molecule has 0 aromatic heterocycles. The fourth-order valence-electron chi connectivity index (χ4n) is 2.09. The van der Waals surface area contributed by atoms with Gasteiger partial charge in [-0.05, 0) is 24.5 Å². The maximum Gasteiger partial charge on any atom is 0.163 e. The molecule has 0 saturated carbocycles. The van der Waals surface area contributed by atoms with E-state index in [4.69, 9.17) is 15.2 Å². The van der Waals surface area contributed by atoms with Crippen LogP contribution in [0.2, 0.25) is 0 Å². The minimum Gasteiger partial charge on any atom is -0.486 e. The molecule has 4 nitrogen and oxygen atoms in total. The van der Waals surface area contributed by atoms with Gasteiger partial charge in [0.15, 0.2) is 11.5 Å². The van der Waals surface area contributed by atoms with E-state index in [1.54, 1.807) is 0 Å². The Morgan fingerprint density at radius 3 is 2.67 bits per heavy atom. The molecule has 1 atom stereocenters. The number of fused-ring (bicyclic) bond motifs is 1. The van der Waals surface area contributed by atoms with Gasteiger partial charge in [-0.1, -0.05) is 13.8 Å². The quantitative estimate of drug-likeness (QED) is 0.841. The molecule has 0 spiro atoms. The third-order valence-corrected chi connectivity index (χ3v) is 2.88. The van der Waals surface area contributed by atoms with Gasteiger partial charge in [0.05, 0.1) is 0 Å². The summed E-state index contributed by atoms with van der Waals surface area (Å²) in [5, 5.41) is 3.34. The van der Waals surface area contributed by atoms with E-state index in [0.29, 0.717) is 19.1 Å². The number of benzene rings is 1. The summed E-state index contributed by atoms with van der Waals surface area (Å²) in [6, 6.07) is 6.08. The predicted molar refractivity (Wildman–Crippen MR) is 73.4 cm³/mol. The SMILES string of the molecule is CC(C)CC(N)CNc1ccc2c(c1)OCCO2. The van der Waals surface area contributed by atoms with Gasteiger partial charge in [0, 0.05) is 24.3 Å². The highest BCUT2D eigenvalue weighted by Gasteiger charge is 2.12. The highest BCUT2D eigenvalue weighted by molar-refractivity contribution is 5.55. The molecule has 1 aliphatic rings.